The van der Waals surface area contributed by atoms with Crippen LogP contribution in [0.4, 0.5) is 8.78 Å². The molecule has 1 amide bonds. The van der Waals surface area contributed by atoms with E-state index in [1.807, 2.05) is 10.6 Å². The van der Waals surface area contributed by atoms with E-state index in [1.165, 1.54) is 21.4 Å². The van der Waals surface area contributed by atoms with Crippen molar-refractivity contribution in [3.63, 3.8) is 0 Å². The number of hydrogen-bond acceptors (Lipinski definition) is 8. The van der Waals surface area contributed by atoms with Gasteiger partial charge in [-0.15, -0.1) is 0 Å². The molecule has 64 heavy (non-hydrogen) atoms. The minimum atomic E-state index is -0.847. The molecule has 0 unspecified atom stereocenters. The van der Waals surface area contributed by atoms with Crippen LogP contribution < -0.4 is 11.4 Å². The van der Waals surface area contributed by atoms with E-state index < -0.39 is 22.8 Å². The number of imidazole rings is 1. The molecule has 3 aromatic carbocycles. The molecule has 0 spiro atoms. The molecule has 1 saturated heterocycles. The molecule has 8 aromatic rings. The molecule has 328 valence electrons. The highest BCUT2D eigenvalue weighted by atomic mass is 19.1. The van der Waals surface area contributed by atoms with Crippen LogP contribution in [0.2, 0.25) is 0 Å². The van der Waals surface area contributed by atoms with Gasteiger partial charge in [0.1, 0.15) is 28.7 Å². The first-order valence-corrected chi connectivity index (χ1v) is 21.6. The van der Waals surface area contributed by atoms with E-state index in [1.54, 1.807) is 65.8 Å². The number of fused-ring (bicyclic) bond motifs is 3. The Balaban J connectivity index is 1.04. The smallest absolute Gasteiger partial charge is 0.376 e. The summed E-state index contributed by atoms with van der Waals surface area (Å²) < 4.78 is 49.7. The summed E-state index contributed by atoms with van der Waals surface area (Å²) in [5.74, 6) is -0.912. The third-order valence-corrected chi connectivity index (χ3v) is 13.8. The number of ether oxygens (including phenoxy) is 1. The molecule has 17 heteroatoms. The Kier molecular flexibility index (Phi) is 8.77. The van der Waals surface area contributed by atoms with E-state index in [0.717, 1.165) is 29.3 Å². The van der Waals surface area contributed by atoms with Gasteiger partial charge in [0.25, 0.3) is 5.91 Å². The van der Waals surface area contributed by atoms with Crippen LogP contribution in [-0.4, -0.2) is 73.0 Å². The summed E-state index contributed by atoms with van der Waals surface area (Å²) in [4.78, 5) is 46.8. The predicted molar refractivity (Wildman–Crippen MR) is 233 cm³/mol. The van der Waals surface area contributed by atoms with E-state index in [2.05, 4.69) is 54.2 Å². The van der Waals surface area contributed by atoms with Crippen LogP contribution in [0.1, 0.15) is 90.2 Å². The Morgan fingerprint density at radius 1 is 0.953 bits per heavy atom. The zero-order valence-corrected chi connectivity index (χ0v) is 36.3. The van der Waals surface area contributed by atoms with E-state index in [9.17, 15) is 9.59 Å². The number of aromatic nitrogens is 9. The molecular formula is C47H46F2N10O5. The molecule has 15 nitrogen and oxygen atoms in total. The molecular weight excluding hydrogens is 823 g/mol. The van der Waals surface area contributed by atoms with Gasteiger partial charge < -0.3 is 14.2 Å². The first-order chi connectivity index (χ1) is 30.6. The lowest BCUT2D eigenvalue weighted by atomic mass is 9.83. The molecule has 1 aliphatic carbocycles. The Bertz CT molecular complexity index is 3340. The van der Waals surface area contributed by atoms with Gasteiger partial charge in [-0.3, -0.25) is 28.1 Å². The molecule has 1 saturated carbocycles. The number of hydrogen-bond donors (Lipinski definition) is 1. The summed E-state index contributed by atoms with van der Waals surface area (Å²) in [6.07, 6.45) is 7.37. The van der Waals surface area contributed by atoms with Gasteiger partial charge in [0.05, 0.1) is 40.9 Å². The lowest BCUT2D eigenvalue weighted by Gasteiger charge is -2.35. The van der Waals surface area contributed by atoms with Crippen LogP contribution >= 0.6 is 0 Å². The van der Waals surface area contributed by atoms with E-state index in [4.69, 9.17) is 14.4 Å². The standard InChI is InChI=1S/C47H46F2N10O5/c1-25-15-32(16-26(2)40(25)49)59-41(57-13-12-56(45(57)62)38-19-31-23-50-54(6)37(31)20-34(38)48)33-24-55(11-9-35(33)52-59)42(60)39-18-30-17-28(29-10-14-63-46(4,5)22-29)7-8-36(30)58(39)47(21-27(47)3)43-51-44(61)64-53-43/h7-8,12-13,15-20,23,27,29H,9-11,14,21-22,24H2,1-6H3,(H,51,53,61)/t27-,29-,47-/m0/s1. The van der Waals surface area contributed by atoms with Crippen LogP contribution in [0.5, 0.6) is 0 Å². The summed E-state index contributed by atoms with van der Waals surface area (Å²) >= 11 is 0. The molecule has 11 rings (SSSR count). The van der Waals surface area contributed by atoms with E-state index >= 15 is 13.6 Å². The van der Waals surface area contributed by atoms with E-state index in [-0.39, 0.29) is 41.4 Å². The molecule has 3 aliphatic rings. The molecule has 0 bridgehead atoms. The second-order valence-corrected chi connectivity index (χ2v) is 18.4. The first kappa shape index (κ1) is 39.9. The number of amides is 1. The zero-order valence-electron chi connectivity index (χ0n) is 36.3. The topological polar surface area (TPSA) is 156 Å². The maximum absolute atomic E-state index is 15.8. The molecule has 0 radical (unpaired) electrons. The monoisotopic (exact) mass is 868 g/mol. The lowest BCUT2D eigenvalue weighted by molar-refractivity contribution is -0.0592. The van der Waals surface area contributed by atoms with Crippen molar-refractivity contribution in [3.8, 4) is 17.2 Å². The Labute approximate surface area is 364 Å². The van der Waals surface area contributed by atoms with Gasteiger partial charge in [0.2, 0.25) is 0 Å². The van der Waals surface area contributed by atoms with Crippen molar-refractivity contribution >= 4 is 27.7 Å². The van der Waals surface area contributed by atoms with Gasteiger partial charge in [-0.05, 0) is 112 Å². The van der Waals surface area contributed by atoms with Crippen LogP contribution in [0, 0.1) is 31.4 Å². The minimum absolute atomic E-state index is 0.00593. The van der Waals surface area contributed by atoms with Gasteiger partial charge in [-0.1, -0.05) is 18.1 Å². The molecule has 1 N–H and O–H groups in total. The van der Waals surface area contributed by atoms with Gasteiger partial charge in [-0.25, -0.2) is 23.1 Å². The van der Waals surface area contributed by atoms with Crippen molar-refractivity contribution < 1.29 is 22.8 Å². The quantitative estimate of drug-likeness (QED) is 0.182. The summed E-state index contributed by atoms with van der Waals surface area (Å²) in [7, 11) is 1.72. The minimum Gasteiger partial charge on any atom is -0.376 e. The van der Waals surface area contributed by atoms with Gasteiger partial charge >= 0.3 is 11.4 Å². The number of halogens is 2. The number of benzene rings is 3. The van der Waals surface area contributed by atoms with Gasteiger partial charge in [0, 0.05) is 66.9 Å². The van der Waals surface area contributed by atoms with Crippen molar-refractivity contribution in [1.29, 1.82) is 0 Å². The highest BCUT2D eigenvalue weighted by Gasteiger charge is 2.59. The largest absolute Gasteiger partial charge is 0.438 e. The maximum Gasteiger partial charge on any atom is 0.438 e. The van der Waals surface area contributed by atoms with Crippen LogP contribution in [0.25, 0.3) is 39.0 Å². The van der Waals surface area contributed by atoms with Crippen molar-refractivity contribution in [2.75, 3.05) is 13.2 Å². The van der Waals surface area contributed by atoms with Crippen molar-refractivity contribution in [2.24, 2.45) is 13.0 Å². The lowest BCUT2D eigenvalue weighted by Crippen LogP contribution is -2.39. The Morgan fingerprint density at radius 2 is 1.72 bits per heavy atom. The Morgan fingerprint density at radius 3 is 2.44 bits per heavy atom. The fourth-order valence-corrected chi connectivity index (χ4v) is 10.4. The fourth-order valence-electron chi connectivity index (χ4n) is 10.4. The second kappa shape index (κ2) is 14.1. The number of aryl methyl sites for hydroxylation is 3. The van der Waals surface area contributed by atoms with Gasteiger partial charge in [0.15, 0.2) is 5.82 Å². The third-order valence-electron chi connectivity index (χ3n) is 13.8. The average Bonchev–Trinajstić information content (AvgIpc) is 3.88. The maximum atomic E-state index is 15.8. The summed E-state index contributed by atoms with van der Waals surface area (Å²) in [5.41, 5.74) is 3.95. The zero-order chi connectivity index (χ0) is 44.6. The second-order valence-electron chi connectivity index (χ2n) is 18.4. The van der Waals surface area contributed by atoms with Crippen molar-refractivity contribution in [3.05, 3.63) is 139 Å². The van der Waals surface area contributed by atoms with Crippen LogP contribution in [-0.2, 0) is 30.3 Å². The van der Waals surface area contributed by atoms with Gasteiger partial charge in [-0.2, -0.15) is 10.2 Å². The molecule has 2 fully saturated rings. The Hall–Kier alpha value is -6.88. The summed E-state index contributed by atoms with van der Waals surface area (Å²) in [5, 5.41) is 15.0. The number of carbonyl (C=O) groups is 1. The third kappa shape index (κ3) is 6.07. The summed E-state index contributed by atoms with van der Waals surface area (Å²) in [6, 6.07) is 14.5. The first-order valence-electron chi connectivity index (χ1n) is 21.6. The average molecular weight is 869 g/mol. The number of nitrogens with one attached hydrogen (secondary N) is 1. The van der Waals surface area contributed by atoms with E-state index in [0.29, 0.717) is 82.3 Å². The SMILES string of the molecule is Cc1cc(-n2nc3c(c2-n2ccn(-c4cc5cnn(C)c5cc4F)c2=O)CN(C(=O)c2cc4cc([C@H]5CCOC(C)(C)C5)ccc4n2[C@@]2(c4noc(=O)[nH]4)C[C@@H]2C)CC3)cc(C)c1F. The number of rotatable bonds is 7. The molecule has 3 atom stereocenters. The van der Waals surface area contributed by atoms with Crippen LogP contribution in [0.15, 0.2) is 81.2 Å². The number of aromatic amines is 1. The predicted octanol–water partition coefficient (Wildman–Crippen LogP) is 6.88. The molecule has 7 heterocycles. The highest BCUT2D eigenvalue weighted by molar-refractivity contribution is 5.99. The number of nitrogens with zero attached hydrogens (tertiary/aromatic N) is 9. The highest BCUT2D eigenvalue weighted by Crippen LogP contribution is 2.56. The fraction of sp³-hybridized carbons (Fsp3) is 0.362. The molecule has 5 aromatic heterocycles. The number of carbonyl (C=O) groups excluding carboxylic acids is 1. The number of H-pyrrole nitrogens is 1. The normalized spacial score (nSPS) is 20.7. The van der Waals surface area contributed by atoms with Crippen molar-refractivity contribution in [2.45, 2.75) is 83.9 Å². The van der Waals surface area contributed by atoms with Crippen LogP contribution in [0.3, 0.4) is 0 Å². The van der Waals surface area contributed by atoms with Crippen molar-refractivity contribution in [1.82, 2.24) is 48.3 Å². The summed E-state index contributed by atoms with van der Waals surface area (Å²) in [6.45, 7) is 10.7. The molecule has 2 aliphatic heterocycles.